The van der Waals surface area contributed by atoms with E-state index in [1.807, 2.05) is 43.3 Å². The van der Waals surface area contributed by atoms with Crippen molar-refractivity contribution in [2.75, 3.05) is 0 Å². The summed E-state index contributed by atoms with van der Waals surface area (Å²) in [6, 6.07) is 17.4. The molecule has 2 aromatic carbocycles. The second kappa shape index (κ2) is 7.34. The zero-order valence-corrected chi connectivity index (χ0v) is 14.5. The van der Waals surface area contributed by atoms with Gasteiger partial charge in [0.15, 0.2) is 0 Å². The second-order valence-corrected chi connectivity index (χ2v) is 6.22. The van der Waals surface area contributed by atoms with Crippen LogP contribution in [0.4, 0.5) is 0 Å². The van der Waals surface area contributed by atoms with Crippen molar-refractivity contribution in [3.63, 3.8) is 0 Å². The SMILES string of the molecule is CCc1ccc([C@@H](C)NC(=O)Cn2ccc3ccccc3c2=O)cc1. The number of carbonyl (C=O) groups is 1. The molecule has 3 rings (SSSR count). The Balaban J connectivity index is 1.71. The number of amides is 1. The summed E-state index contributed by atoms with van der Waals surface area (Å²) >= 11 is 0. The van der Waals surface area contributed by atoms with E-state index in [9.17, 15) is 9.59 Å². The fraction of sp³-hybridized carbons (Fsp3) is 0.238. The van der Waals surface area contributed by atoms with Crippen LogP contribution in [0.1, 0.15) is 31.0 Å². The van der Waals surface area contributed by atoms with E-state index in [2.05, 4.69) is 24.4 Å². The van der Waals surface area contributed by atoms with E-state index in [-0.39, 0.29) is 24.1 Å². The van der Waals surface area contributed by atoms with Crippen LogP contribution < -0.4 is 10.9 Å². The maximum absolute atomic E-state index is 12.5. The van der Waals surface area contributed by atoms with Gasteiger partial charge in [0.1, 0.15) is 6.54 Å². The van der Waals surface area contributed by atoms with Crippen LogP contribution >= 0.6 is 0 Å². The minimum absolute atomic E-state index is 0.0149. The van der Waals surface area contributed by atoms with Gasteiger partial charge in [0, 0.05) is 11.6 Å². The molecule has 0 spiro atoms. The number of hydrogen-bond acceptors (Lipinski definition) is 2. The molecule has 1 atom stereocenters. The maximum Gasteiger partial charge on any atom is 0.258 e. The monoisotopic (exact) mass is 334 g/mol. The molecule has 0 aliphatic carbocycles. The summed E-state index contributed by atoms with van der Waals surface area (Å²) in [5.41, 5.74) is 2.18. The van der Waals surface area contributed by atoms with E-state index < -0.39 is 0 Å². The number of aromatic nitrogens is 1. The Morgan fingerprint density at radius 2 is 1.80 bits per heavy atom. The number of nitrogens with zero attached hydrogens (tertiary/aromatic N) is 1. The molecule has 4 nitrogen and oxygen atoms in total. The van der Waals surface area contributed by atoms with Crippen molar-refractivity contribution in [3.8, 4) is 0 Å². The lowest BCUT2D eigenvalue weighted by Crippen LogP contribution is -2.33. The van der Waals surface area contributed by atoms with Crippen LogP contribution in [-0.2, 0) is 17.8 Å². The molecule has 1 N–H and O–H groups in total. The number of nitrogens with one attached hydrogen (secondary N) is 1. The summed E-state index contributed by atoms with van der Waals surface area (Å²) in [4.78, 5) is 24.8. The number of benzene rings is 2. The van der Waals surface area contributed by atoms with Crippen LogP contribution in [0.15, 0.2) is 65.6 Å². The molecule has 0 saturated heterocycles. The molecule has 1 amide bonds. The molecule has 0 saturated carbocycles. The van der Waals surface area contributed by atoms with Gasteiger partial charge in [-0.15, -0.1) is 0 Å². The van der Waals surface area contributed by atoms with Crippen molar-refractivity contribution in [3.05, 3.63) is 82.3 Å². The van der Waals surface area contributed by atoms with Gasteiger partial charge in [0.2, 0.25) is 5.91 Å². The first kappa shape index (κ1) is 17.0. The number of hydrogen-bond donors (Lipinski definition) is 1. The van der Waals surface area contributed by atoms with Crippen molar-refractivity contribution in [1.82, 2.24) is 9.88 Å². The predicted octanol–water partition coefficient (Wildman–Crippen LogP) is 3.44. The van der Waals surface area contributed by atoms with Crippen molar-refractivity contribution < 1.29 is 4.79 Å². The quantitative estimate of drug-likeness (QED) is 0.777. The lowest BCUT2D eigenvalue weighted by Gasteiger charge is -2.15. The lowest BCUT2D eigenvalue weighted by atomic mass is 10.1. The Morgan fingerprint density at radius 3 is 2.52 bits per heavy atom. The molecular weight excluding hydrogens is 312 g/mol. The largest absolute Gasteiger partial charge is 0.348 e. The number of carbonyl (C=O) groups excluding carboxylic acids is 1. The molecule has 1 heterocycles. The minimum atomic E-state index is -0.176. The summed E-state index contributed by atoms with van der Waals surface area (Å²) in [5, 5.41) is 4.47. The Morgan fingerprint density at radius 1 is 1.08 bits per heavy atom. The molecule has 0 radical (unpaired) electrons. The summed E-state index contributed by atoms with van der Waals surface area (Å²) in [6.07, 6.45) is 2.66. The molecule has 0 aliphatic heterocycles. The Kier molecular flexibility index (Phi) is 4.98. The number of pyridine rings is 1. The zero-order valence-electron chi connectivity index (χ0n) is 14.5. The third kappa shape index (κ3) is 3.79. The molecule has 0 unspecified atom stereocenters. The molecule has 4 heteroatoms. The molecule has 128 valence electrons. The first-order chi connectivity index (χ1) is 12.1. The number of rotatable bonds is 5. The first-order valence-electron chi connectivity index (χ1n) is 8.55. The van der Waals surface area contributed by atoms with E-state index in [4.69, 9.17) is 0 Å². The molecule has 3 aromatic rings. The highest BCUT2D eigenvalue weighted by Gasteiger charge is 2.11. The molecule has 1 aromatic heterocycles. The lowest BCUT2D eigenvalue weighted by molar-refractivity contribution is -0.122. The van der Waals surface area contributed by atoms with Crippen molar-refractivity contribution in [2.24, 2.45) is 0 Å². The topological polar surface area (TPSA) is 51.1 Å². The Hall–Kier alpha value is -2.88. The molecule has 0 bridgehead atoms. The van der Waals surface area contributed by atoms with Crippen LogP contribution in [0.3, 0.4) is 0 Å². The van der Waals surface area contributed by atoms with Gasteiger partial charge in [-0.2, -0.15) is 0 Å². The minimum Gasteiger partial charge on any atom is -0.348 e. The summed E-state index contributed by atoms with van der Waals surface area (Å²) in [7, 11) is 0. The average Bonchev–Trinajstić information content (AvgIpc) is 2.64. The number of aryl methyl sites for hydroxylation is 1. The van der Waals surface area contributed by atoms with Crippen LogP contribution in [0.25, 0.3) is 10.8 Å². The Labute approximate surface area is 147 Å². The summed E-state index contributed by atoms with van der Waals surface area (Å²) < 4.78 is 1.45. The van der Waals surface area contributed by atoms with Gasteiger partial charge >= 0.3 is 0 Å². The molecule has 0 aliphatic rings. The first-order valence-corrected chi connectivity index (χ1v) is 8.55. The van der Waals surface area contributed by atoms with E-state index in [0.717, 1.165) is 17.4 Å². The van der Waals surface area contributed by atoms with Gasteiger partial charge in [0.25, 0.3) is 5.56 Å². The van der Waals surface area contributed by atoms with Gasteiger partial charge in [-0.25, -0.2) is 0 Å². The van der Waals surface area contributed by atoms with Crippen molar-refractivity contribution in [1.29, 1.82) is 0 Å². The second-order valence-electron chi connectivity index (χ2n) is 6.22. The number of fused-ring (bicyclic) bond motifs is 1. The van der Waals surface area contributed by atoms with Crippen molar-refractivity contribution >= 4 is 16.7 Å². The fourth-order valence-corrected chi connectivity index (χ4v) is 2.92. The fourth-order valence-electron chi connectivity index (χ4n) is 2.92. The molecule has 25 heavy (non-hydrogen) atoms. The van der Waals surface area contributed by atoms with Crippen LogP contribution in [0.5, 0.6) is 0 Å². The predicted molar refractivity (Wildman–Crippen MR) is 101 cm³/mol. The third-order valence-electron chi connectivity index (χ3n) is 4.47. The van der Waals surface area contributed by atoms with E-state index in [0.29, 0.717) is 5.39 Å². The molecule has 0 fully saturated rings. The van der Waals surface area contributed by atoms with Gasteiger partial charge in [0.05, 0.1) is 6.04 Å². The van der Waals surface area contributed by atoms with Gasteiger partial charge < -0.3 is 9.88 Å². The Bertz CT molecular complexity index is 942. The van der Waals surface area contributed by atoms with Crippen molar-refractivity contribution in [2.45, 2.75) is 32.9 Å². The zero-order chi connectivity index (χ0) is 17.8. The molecular formula is C21H22N2O2. The van der Waals surface area contributed by atoms with Crippen LogP contribution in [0.2, 0.25) is 0 Å². The highest BCUT2D eigenvalue weighted by molar-refractivity contribution is 5.82. The van der Waals surface area contributed by atoms with E-state index >= 15 is 0 Å². The summed E-state index contributed by atoms with van der Waals surface area (Å²) in [6.45, 7) is 4.07. The third-order valence-corrected chi connectivity index (χ3v) is 4.47. The maximum atomic E-state index is 12.5. The smallest absolute Gasteiger partial charge is 0.258 e. The highest BCUT2D eigenvalue weighted by Crippen LogP contribution is 2.14. The van der Waals surface area contributed by atoms with Gasteiger partial charge in [-0.1, -0.05) is 49.4 Å². The van der Waals surface area contributed by atoms with Crippen LogP contribution in [-0.4, -0.2) is 10.5 Å². The van der Waals surface area contributed by atoms with Gasteiger partial charge in [-0.05, 0) is 42.0 Å². The average molecular weight is 334 g/mol. The normalized spacial score (nSPS) is 12.1. The standard InChI is InChI=1S/C21H22N2O2/c1-3-16-8-10-17(11-9-16)15(2)22-20(24)14-23-13-12-18-6-4-5-7-19(18)21(23)25/h4-13,15H,3,14H2,1-2H3,(H,22,24)/t15-/m1/s1. The van der Waals surface area contributed by atoms with Crippen LogP contribution in [0, 0.1) is 0 Å². The summed E-state index contributed by atoms with van der Waals surface area (Å²) in [5.74, 6) is -0.176. The van der Waals surface area contributed by atoms with E-state index in [1.165, 1.54) is 10.1 Å². The highest BCUT2D eigenvalue weighted by atomic mass is 16.2. The van der Waals surface area contributed by atoms with Gasteiger partial charge in [-0.3, -0.25) is 9.59 Å². The van der Waals surface area contributed by atoms with E-state index in [1.54, 1.807) is 12.3 Å².